The molecule has 0 amide bonds. The second kappa shape index (κ2) is 5.22. The Labute approximate surface area is 136 Å². The van der Waals surface area contributed by atoms with E-state index in [9.17, 15) is 21.6 Å². The van der Waals surface area contributed by atoms with E-state index in [1.807, 2.05) is 0 Å². The fourth-order valence-corrected chi connectivity index (χ4v) is 4.38. The van der Waals surface area contributed by atoms with Crippen LogP contribution in [0.2, 0.25) is 5.02 Å². The monoisotopic (exact) mass is 361 g/mol. The van der Waals surface area contributed by atoms with Gasteiger partial charge in [0.1, 0.15) is 0 Å². The maximum Gasteiger partial charge on any atom is 0.413 e. The molecule has 0 radical (unpaired) electrons. The van der Waals surface area contributed by atoms with E-state index in [0.29, 0.717) is 9.33 Å². The van der Waals surface area contributed by atoms with Crippen LogP contribution in [0.25, 0.3) is 0 Å². The Hall–Kier alpha value is -1.57. The highest BCUT2D eigenvalue weighted by molar-refractivity contribution is 7.89. The highest BCUT2D eigenvalue weighted by Gasteiger charge is 2.74. The lowest BCUT2D eigenvalue weighted by Crippen LogP contribution is -2.36. The average molecular weight is 362 g/mol. The van der Waals surface area contributed by atoms with E-state index in [1.54, 1.807) is 6.07 Å². The van der Waals surface area contributed by atoms with Gasteiger partial charge in [-0.3, -0.25) is 0 Å². The van der Waals surface area contributed by atoms with Gasteiger partial charge >= 0.3 is 6.18 Å². The van der Waals surface area contributed by atoms with E-state index in [0.717, 1.165) is 0 Å². The van der Waals surface area contributed by atoms with Crippen molar-refractivity contribution in [3.63, 3.8) is 0 Å². The number of hydrogen-bond donors (Lipinski definition) is 0. The van der Waals surface area contributed by atoms with Crippen molar-refractivity contribution < 1.29 is 21.6 Å². The van der Waals surface area contributed by atoms with Gasteiger partial charge in [-0.05, 0) is 29.8 Å². The number of alkyl halides is 3. The third-order valence-electron chi connectivity index (χ3n) is 3.82. The number of rotatable bonds is 3. The fourth-order valence-electron chi connectivity index (χ4n) is 2.54. The molecule has 0 N–H and O–H groups in total. The van der Waals surface area contributed by atoms with Gasteiger partial charge in [0.15, 0.2) is 5.54 Å². The first kappa shape index (κ1) is 16.3. The molecule has 0 bridgehead atoms. The van der Waals surface area contributed by atoms with Gasteiger partial charge in [-0.15, -0.1) is 0 Å². The van der Waals surface area contributed by atoms with Crippen LogP contribution in [0.4, 0.5) is 13.2 Å². The van der Waals surface area contributed by atoms with E-state index >= 15 is 0 Å². The molecule has 0 spiro atoms. The number of sulfonamides is 1. The van der Waals surface area contributed by atoms with Gasteiger partial charge in [-0.2, -0.15) is 17.5 Å². The predicted molar refractivity (Wildman–Crippen MR) is 79.5 cm³/mol. The predicted octanol–water partition coefficient (Wildman–Crippen LogP) is 3.80. The second-order valence-corrected chi connectivity index (χ2v) is 7.49. The lowest BCUT2D eigenvalue weighted by Gasteiger charge is -2.21. The van der Waals surface area contributed by atoms with E-state index in [1.165, 1.54) is 48.5 Å². The Morgan fingerprint density at radius 3 is 2.09 bits per heavy atom. The zero-order valence-electron chi connectivity index (χ0n) is 11.6. The number of nitrogens with zero attached hydrogens (tertiary/aromatic N) is 1. The van der Waals surface area contributed by atoms with Gasteiger partial charge in [0.05, 0.1) is 4.90 Å². The molecule has 1 aliphatic rings. The molecule has 1 saturated heterocycles. The summed E-state index contributed by atoms with van der Waals surface area (Å²) in [6.45, 7) is -0.633. The molecule has 3 nitrogen and oxygen atoms in total. The van der Waals surface area contributed by atoms with Crippen LogP contribution in [0.5, 0.6) is 0 Å². The number of halogens is 4. The first-order chi connectivity index (χ1) is 10.7. The van der Waals surface area contributed by atoms with Gasteiger partial charge in [-0.25, -0.2) is 8.42 Å². The highest BCUT2D eigenvalue weighted by atomic mass is 35.5. The number of benzene rings is 2. The molecular formula is C15H11ClF3NO2S. The Morgan fingerprint density at radius 1 is 1.00 bits per heavy atom. The van der Waals surface area contributed by atoms with Crippen LogP contribution in [-0.2, 0) is 15.6 Å². The second-order valence-electron chi connectivity index (χ2n) is 5.19. The van der Waals surface area contributed by atoms with Crippen molar-refractivity contribution in [2.45, 2.75) is 16.6 Å². The summed E-state index contributed by atoms with van der Waals surface area (Å²) in [6, 6.07) is 12.1. The molecule has 23 heavy (non-hydrogen) atoms. The Morgan fingerprint density at radius 2 is 1.57 bits per heavy atom. The summed E-state index contributed by atoms with van der Waals surface area (Å²) in [4.78, 5) is -0.219. The van der Waals surface area contributed by atoms with Crippen LogP contribution >= 0.6 is 11.6 Å². The molecule has 0 aromatic heterocycles. The molecule has 1 aliphatic heterocycles. The number of hydrogen-bond acceptors (Lipinski definition) is 2. The van der Waals surface area contributed by atoms with E-state index < -0.39 is 28.3 Å². The van der Waals surface area contributed by atoms with Crippen molar-refractivity contribution in [3.05, 3.63) is 65.2 Å². The average Bonchev–Trinajstić information content (AvgIpc) is 3.26. The summed E-state index contributed by atoms with van der Waals surface area (Å²) >= 11 is 5.69. The maximum absolute atomic E-state index is 13.6. The Balaban J connectivity index is 2.06. The summed E-state index contributed by atoms with van der Waals surface area (Å²) < 4.78 is 66.4. The van der Waals surface area contributed by atoms with Crippen molar-refractivity contribution in [1.29, 1.82) is 0 Å². The lowest BCUT2D eigenvalue weighted by atomic mass is 9.99. The van der Waals surface area contributed by atoms with Crippen LogP contribution in [-0.4, -0.2) is 25.4 Å². The van der Waals surface area contributed by atoms with Crippen LogP contribution in [0.1, 0.15) is 5.56 Å². The van der Waals surface area contributed by atoms with Gasteiger partial charge in [-0.1, -0.05) is 41.9 Å². The Bertz CT molecular complexity index is 822. The summed E-state index contributed by atoms with van der Waals surface area (Å²) in [7, 11) is -4.27. The van der Waals surface area contributed by atoms with Gasteiger partial charge < -0.3 is 0 Å². The molecule has 3 rings (SSSR count). The summed E-state index contributed by atoms with van der Waals surface area (Å²) in [5.74, 6) is 0. The molecule has 0 aliphatic carbocycles. The van der Waals surface area contributed by atoms with Gasteiger partial charge in [0.2, 0.25) is 10.0 Å². The highest BCUT2D eigenvalue weighted by Crippen LogP contribution is 2.56. The van der Waals surface area contributed by atoms with Crippen molar-refractivity contribution in [3.8, 4) is 0 Å². The smallest absolute Gasteiger partial charge is 0.207 e. The molecule has 1 heterocycles. The molecule has 2 unspecified atom stereocenters. The third-order valence-corrected chi connectivity index (χ3v) is 5.96. The quantitative estimate of drug-likeness (QED) is 0.780. The van der Waals surface area contributed by atoms with Crippen LogP contribution < -0.4 is 0 Å². The van der Waals surface area contributed by atoms with Crippen molar-refractivity contribution in [1.82, 2.24) is 4.31 Å². The van der Waals surface area contributed by atoms with Crippen molar-refractivity contribution in [2.24, 2.45) is 0 Å². The molecule has 0 saturated carbocycles. The standard InChI is InChI=1S/C15H11ClF3NO2S/c16-12-6-8-13(9-7-12)23(21,22)20-10-14(20,15(17,18)19)11-4-2-1-3-5-11/h1-9H,10H2. The topological polar surface area (TPSA) is 37.1 Å². The third kappa shape index (κ3) is 2.52. The SMILES string of the molecule is O=S(=O)(c1ccc(Cl)cc1)N1CC1(c1ccccc1)C(F)(F)F. The first-order valence-corrected chi connectivity index (χ1v) is 8.42. The van der Waals surface area contributed by atoms with Crippen molar-refractivity contribution in [2.75, 3.05) is 6.54 Å². The van der Waals surface area contributed by atoms with Crippen LogP contribution in [0, 0.1) is 0 Å². The van der Waals surface area contributed by atoms with Gasteiger partial charge in [0.25, 0.3) is 0 Å². The zero-order chi connectivity index (χ0) is 16.9. The summed E-state index contributed by atoms with van der Waals surface area (Å²) in [5, 5.41) is 0.305. The Kier molecular flexibility index (Phi) is 3.70. The molecule has 2 atom stereocenters. The molecule has 8 heteroatoms. The zero-order valence-corrected chi connectivity index (χ0v) is 13.2. The molecule has 2 aromatic carbocycles. The lowest BCUT2D eigenvalue weighted by molar-refractivity contribution is -0.168. The summed E-state index contributed by atoms with van der Waals surface area (Å²) in [5.41, 5.74) is -2.60. The molecule has 1 fully saturated rings. The maximum atomic E-state index is 13.6. The van der Waals surface area contributed by atoms with E-state index in [4.69, 9.17) is 11.6 Å². The minimum Gasteiger partial charge on any atom is -0.207 e. The molecular weight excluding hydrogens is 351 g/mol. The largest absolute Gasteiger partial charge is 0.413 e. The normalized spacial score (nSPS) is 24.4. The van der Waals surface area contributed by atoms with Gasteiger partial charge in [0, 0.05) is 11.6 Å². The molecule has 122 valence electrons. The molecule has 2 aromatic rings. The minimum absolute atomic E-state index is 0.0926. The van der Waals surface area contributed by atoms with Crippen LogP contribution in [0.15, 0.2) is 59.5 Å². The van der Waals surface area contributed by atoms with Crippen molar-refractivity contribution >= 4 is 21.6 Å². The fraction of sp³-hybridized carbons (Fsp3) is 0.200. The van der Waals surface area contributed by atoms with E-state index in [2.05, 4.69) is 0 Å². The van der Waals surface area contributed by atoms with E-state index in [-0.39, 0.29) is 10.5 Å². The van der Waals surface area contributed by atoms with Crippen LogP contribution in [0.3, 0.4) is 0 Å². The first-order valence-electron chi connectivity index (χ1n) is 6.60. The minimum atomic E-state index is -4.71. The summed E-state index contributed by atoms with van der Waals surface area (Å²) in [6.07, 6.45) is -4.71.